The SMILES string of the molecule is COc1cccc(C2C(C(=O)c3ccc(Cl)s3)C(c3sccc3C)N(C(=O)C3CCC3)C2C(=O)N2CCNCC2)c1. The van der Waals surface area contributed by atoms with Crippen LogP contribution in [0.3, 0.4) is 0 Å². The second-order valence-corrected chi connectivity index (χ2v) is 13.8. The molecule has 4 heterocycles. The molecule has 10 heteroatoms. The van der Waals surface area contributed by atoms with Crippen LogP contribution in [0.4, 0.5) is 0 Å². The average Bonchev–Trinajstić information content (AvgIpc) is 3.68. The van der Waals surface area contributed by atoms with Crippen LogP contribution in [-0.4, -0.2) is 66.7 Å². The highest BCUT2D eigenvalue weighted by atomic mass is 35.5. The number of likely N-dealkylation sites (tertiary alicyclic amines) is 1. The number of piperazine rings is 1. The van der Waals surface area contributed by atoms with Crippen LogP contribution in [0.25, 0.3) is 0 Å². The lowest BCUT2D eigenvalue weighted by molar-refractivity contribution is -0.150. The summed E-state index contributed by atoms with van der Waals surface area (Å²) in [6.45, 7) is 4.54. The van der Waals surface area contributed by atoms with E-state index in [2.05, 4.69) is 5.32 Å². The highest BCUT2D eigenvalue weighted by Crippen LogP contribution is 2.55. The number of nitrogens with zero attached hydrogens (tertiary/aromatic N) is 2. The topological polar surface area (TPSA) is 79.0 Å². The van der Waals surface area contributed by atoms with Gasteiger partial charge in [-0.2, -0.15) is 0 Å². The standard InChI is InChI=1S/C31H34ClN3O4S2/c1-18-11-16-40-29(18)26-25(28(36)22-9-10-23(32)41-22)24(20-7-4-8-21(17-20)39-2)27(31(38)34-14-12-33-13-15-34)35(26)30(37)19-5-3-6-19/h4,7-11,16-17,19,24-27,33H,3,5-6,12-15H2,1-2H3. The van der Waals surface area contributed by atoms with Gasteiger partial charge in [0.05, 0.1) is 28.3 Å². The lowest BCUT2D eigenvalue weighted by Crippen LogP contribution is -2.56. The molecular weight excluding hydrogens is 578 g/mol. The number of thiophene rings is 2. The Bertz CT molecular complexity index is 1440. The second-order valence-electron chi connectivity index (χ2n) is 11.1. The number of carbonyl (C=O) groups is 3. The summed E-state index contributed by atoms with van der Waals surface area (Å²) in [5, 5.41) is 5.33. The van der Waals surface area contributed by atoms with Gasteiger partial charge in [0.1, 0.15) is 11.8 Å². The van der Waals surface area contributed by atoms with Gasteiger partial charge < -0.3 is 19.9 Å². The molecule has 1 saturated carbocycles. The van der Waals surface area contributed by atoms with Gasteiger partial charge in [-0.25, -0.2) is 0 Å². The van der Waals surface area contributed by atoms with Gasteiger partial charge in [0.2, 0.25) is 11.8 Å². The van der Waals surface area contributed by atoms with Gasteiger partial charge in [-0.15, -0.1) is 22.7 Å². The molecule has 1 aliphatic carbocycles. The van der Waals surface area contributed by atoms with Crippen molar-refractivity contribution in [3.63, 3.8) is 0 Å². The molecule has 3 aromatic rings. The Morgan fingerprint density at radius 3 is 2.44 bits per heavy atom. The molecule has 3 fully saturated rings. The van der Waals surface area contributed by atoms with Gasteiger partial charge in [0.15, 0.2) is 5.78 Å². The fourth-order valence-corrected chi connectivity index (χ4v) is 8.63. The number of rotatable bonds is 7. The Kier molecular flexibility index (Phi) is 8.23. The molecule has 41 heavy (non-hydrogen) atoms. The third kappa shape index (κ3) is 5.22. The van der Waals surface area contributed by atoms with Crippen molar-refractivity contribution in [2.45, 2.75) is 44.2 Å². The van der Waals surface area contributed by atoms with Crippen molar-refractivity contribution in [1.29, 1.82) is 0 Å². The molecule has 2 amide bonds. The Morgan fingerprint density at radius 1 is 1.05 bits per heavy atom. The predicted molar refractivity (Wildman–Crippen MR) is 162 cm³/mol. The number of ether oxygens (including phenoxy) is 1. The van der Waals surface area contributed by atoms with Crippen LogP contribution in [0, 0.1) is 18.8 Å². The lowest BCUT2D eigenvalue weighted by Gasteiger charge is -2.39. The summed E-state index contributed by atoms with van der Waals surface area (Å²) in [4.78, 5) is 48.9. The van der Waals surface area contributed by atoms with Crippen LogP contribution in [0.1, 0.15) is 56.9 Å². The number of Topliss-reactive ketones (excluding diaryl/α,β-unsaturated/α-hetero) is 1. The molecule has 2 aliphatic heterocycles. The fraction of sp³-hybridized carbons (Fsp3) is 0.452. The maximum Gasteiger partial charge on any atom is 0.246 e. The normalized spacial score (nSPS) is 24.8. The number of methoxy groups -OCH3 is 1. The lowest BCUT2D eigenvalue weighted by atomic mass is 9.77. The number of carbonyl (C=O) groups excluding carboxylic acids is 3. The summed E-state index contributed by atoms with van der Waals surface area (Å²) in [5.41, 5.74) is 1.84. The smallest absolute Gasteiger partial charge is 0.246 e. The maximum atomic E-state index is 14.6. The molecule has 4 unspecified atom stereocenters. The van der Waals surface area contributed by atoms with E-state index in [0.717, 1.165) is 35.3 Å². The first-order chi connectivity index (χ1) is 19.9. The van der Waals surface area contributed by atoms with E-state index >= 15 is 0 Å². The van der Waals surface area contributed by atoms with E-state index < -0.39 is 23.9 Å². The zero-order chi connectivity index (χ0) is 28.7. The number of ketones is 1. The minimum absolute atomic E-state index is 0.0186. The minimum atomic E-state index is -0.816. The van der Waals surface area contributed by atoms with Crippen LogP contribution in [0.2, 0.25) is 4.34 Å². The van der Waals surface area contributed by atoms with Crippen molar-refractivity contribution in [3.8, 4) is 5.75 Å². The van der Waals surface area contributed by atoms with Gasteiger partial charge in [-0.1, -0.05) is 30.2 Å². The van der Waals surface area contributed by atoms with Gasteiger partial charge in [0, 0.05) is 42.9 Å². The van der Waals surface area contributed by atoms with Crippen LogP contribution in [0.15, 0.2) is 47.8 Å². The number of hydrogen-bond donors (Lipinski definition) is 1. The van der Waals surface area contributed by atoms with Gasteiger partial charge in [-0.05, 0) is 66.6 Å². The molecule has 6 rings (SSSR count). The third-order valence-corrected chi connectivity index (χ3v) is 11.2. The highest BCUT2D eigenvalue weighted by molar-refractivity contribution is 7.18. The Morgan fingerprint density at radius 2 is 1.83 bits per heavy atom. The van der Waals surface area contributed by atoms with Crippen molar-refractivity contribution in [2.24, 2.45) is 11.8 Å². The van der Waals surface area contributed by atoms with Crippen molar-refractivity contribution in [1.82, 2.24) is 15.1 Å². The summed E-state index contributed by atoms with van der Waals surface area (Å²) < 4.78 is 6.12. The summed E-state index contributed by atoms with van der Waals surface area (Å²) >= 11 is 9.11. The van der Waals surface area contributed by atoms with Crippen LogP contribution >= 0.6 is 34.3 Å². The van der Waals surface area contributed by atoms with E-state index in [4.69, 9.17) is 16.3 Å². The van der Waals surface area contributed by atoms with E-state index in [-0.39, 0.29) is 23.5 Å². The zero-order valence-electron chi connectivity index (χ0n) is 23.2. The molecule has 2 saturated heterocycles. The molecule has 4 atom stereocenters. The van der Waals surface area contributed by atoms with Crippen molar-refractivity contribution >= 4 is 51.9 Å². The molecule has 0 spiro atoms. The summed E-state index contributed by atoms with van der Waals surface area (Å²) in [6, 6.07) is 11.8. The number of hydrogen-bond acceptors (Lipinski definition) is 7. The van der Waals surface area contributed by atoms with Crippen molar-refractivity contribution in [2.75, 3.05) is 33.3 Å². The van der Waals surface area contributed by atoms with E-state index in [1.807, 2.05) is 52.4 Å². The van der Waals surface area contributed by atoms with Gasteiger partial charge >= 0.3 is 0 Å². The Labute approximate surface area is 253 Å². The first-order valence-corrected chi connectivity index (χ1v) is 16.3. The number of benzene rings is 1. The van der Waals surface area contributed by atoms with E-state index in [1.54, 1.807) is 30.6 Å². The molecule has 0 radical (unpaired) electrons. The molecule has 7 nitrogen and oxygen atoms in total. The Hall–Kier alpha value is -2.72. The minimum Gasteiger partial charge on any atom is -0.497 e. The second kappa shape index (κ2) is 11.9. The quantitative estimate of drug-likeness (QED) is 0.355. The van der Waals surface area contributed by atoms with E-state index in [1.165, 1.54) is 11.3 Å². The molecular formula is C31H34ClN3O4S2. The monoisotopic (exact) mass is 611 g/mol. The molecule has 0 bridgehead atoms. The number of nitrogens with one attached hydrogen (secondary N) is 1. The number of halogens is 1. The van der Waals surface area contributed by atoms with Gasteiger partial charge in [-0.3, -0.25) is 14.4 Å². The van der Waals surface area contributed by atoms with Crippen LogP contribution in [-0.2, 0) is 9.59 Å². The van der Waals surface area contributed by atoms with Crippen LogP contribution < -0.4 is 10.1 Å². The van der Waals surface area contributed by atoms with Gasteiger partial charge in [0.25, 0.3) is 0 Å². The number of amides is 2. The van der Waals surface area contributed by atoms with Crippen molar-refractivity contribution in [3.05, 3.63) is 73.1 Å². The van der Waals surface area contributed by atoms with E-state index in [9.17, 15) is 14.4 Å². The maximum absolute atomic E-state index is 14.6. The Balaban J connectivity index is 1.58. The molecule has 216 valence electrons. The van der Waals surface area contributed by atoms with Crippen molar-refractivity contribution < 1.29 is 19.1 Å². The number of aryl methyl sites for hydroxylation is 1. The first-order valence-electron chi connectivity index (χ1n) is 14.2. The summed E-state index contributed by atoms with van der Waals surface area (Å²) in [7, 11) is 1.61. The molecule has 1 N–H and O–H groups in total. The van der Waals surface area contributed by atoms with Crippen LogP contribution in [0.5, 0.6) is 5.75 Å². The fourth-order valence-electron chi connectivity index (χ4n) is 6.53. The first kappa shape index (κ1) is 28.4. The summed E-state index contributed by atoms with van der Waals surface area (Å²) in [6.07, 6.45) is 2.62. The average molecular weight is 612 g/mol. The predicted octanol–water partition coefficient (Wildman–Crippen LogP) is 5.55. The molecule has 3 aliphatic rings. The molecule has 1 aromatic carbocycles. The van der Waals surface area contributed by atoms with E-state index in [0.29, 0.717) is 41.1 Å². The zero-order valence-corrected chi connectivity index (χ0v) is 25.6. The largest absolute Gasteiger partial charge is 0.497 e. The molecule has 2 aromatic heterocycles. The third-order valence-electron chi connectivity index (χ3n) is 8.83. The summed E-state index contributed by atoms with van der Waals surface area (Å²) in [5.74, 6) is -0.914. The highest BCUT2D eigenvalue weighted by Gasteiger charge is 2.59.